The highest BCUT2D eigenvalue weighted by atomic mass is 16.5. The molecule has 0 saturated heterocycles. The van der Waals surface area contributed by atoms with Crippen LogP contribution in [0.4, 0.5) is 5.69 Å². The second-order valence-corrected chi connectivity index (χ2v) is 6.26. The van der Waals surface area contributed by atoms with E-state index in [4.69, 9.17) is 4.74 Å². The Morgan fingerprint density at radius 2 is 2.08 bits per heavy atom. The summed E-state index contributed by atoms with van der Waals surface area (Å²) in [6.07, 6.45) is 3.52. The maximum absolute atomic E-state index is 12.3. The van der Waals surface area contributed by atoms with E-state index in [2.05, 4.69) is 4.90 Å². The minimum absolute atomic E-state index is 0.0712. The van der Waals surface area contributed by atoms with E-state index in [-0.39, 0.29) is 11.6 Å². The first-order chi connectivity index (χ1) is 11.6. The van der Waals surface area contributed by atoms with Gasteiger partial charge >= 0.3 is 5.69 Å². The number of benzene rings is 1. The van der Waals surface area contributed by atoms with Gasteiger partial charge in [-0.1, -0.05) is 12.1 Å². The quantitative estimate of drug-likeness (QED) is 0.791. The zero-order valence-corrected chi connectivity index (χ0v) is 14.4. The second-order valence-electron chi connectivity index (χ2n) is 6.26. The third-order valence-electron chi connectivity index (χ3n) is 4.72. The molecule has 3 rings (SSSR count). The predicted molar refractivity (Wildman–Crippen MR) is 94.2 cm³/mol. The van der Waals surface area contributed by atoms with E-state index in [1.165, 1.54) is 4.57 Å². The van der Waals surface area contributed by atoms with Crippen molar-refractivity contribution in [3.8, 4) is 11.6 Å². The summed E-state index contributed by atoms with van der Waals surface area (Å²) < 4.78 is 8.60. The molecule has 0 fully saturated rings. The molecular weight excluding hydrogens is 306 g/mol. The molecule has 0 saturated carbocycles. The first kappa shape index (κ1) is 16.5. The van der Waals surface area contributed by atoms with Gasteiger partial charge in [0.1, 0.15) is 5.75 Å². The molecular formula is C18H25N3O3. The highest BCUT2D eigenvalue weighted by Crippen LogP contribution is 2.27. The number of methoxy groups -OCH3 is 1. The van der Waals surface area contributed by atoms with Gasteiger partial charge in [-0.05, 0) is 37.8 Å². The van der Waals surface area contributed by atoms with Crippen molar-refractivity contribution in [1.82, 2.24) is 9.13 Å². The van der Waals surface area contributed by atoms with Gasteiger partial charge < -0.3 is 14.7 Å². The van der Waals surface area contributed by atoms with E-state index >= 15 is 0 Å². The van der Waals surface area contributed by atoms with Crippen molar-refractivity contribution < 1.29 is 9.84 Å². The standard InChI is InChI=1S/C18H25N3O3/c1-19(14-8-3-4-10-16(14)24-2)11-5-6-12-21-17(22)15-9-7-13-20(15)18(21)23/h3-4,8,10,22H,5-7,9,11-13H2,1-2H3. The van der Waals surface area contributed by atoms with Gasteiger partial charge in [-0.3, -0.25) is 9.13 Å². The van der Waals surface area contributed by atoms with Crippen molar-refractivity contribution in [2.24, 2.45) is 0 Å². The average Bonchev–Trinajstić information content (AvgIpc) is 3.17. The smallest absolute Gasteiger partial charge is 0.331 e. The summed E-state index contributed by atoms with van der Waals surface area (Å²) in [7, 11) is 3.71. The molecule has 1 aromatic heterocycles. The lowest BCUT2D eigenvalue weighted by Gasteiger charge is -2.21. The van der Waals surface area contributed by atoms with Crippen molar-refractivity contribution >= 4 is 5.69 Å². The average molecular weight is 331 g/mol. The maximum Gasteiger partial charge on any atom is 0.331 e. The van der Waals surface area contributed by atoms with Crippen molar-refractivity contribution in [2.45, 2.75) is 38.8 Å². The number of ether oxygens (including phenoxy) is 1. The normalized spacial score (nSPS) is 13.1. The van der Waals surface area contributed by atoms with Gasteiger partial charge in [-0.15, -0.1) is 0 Å². The van der Waals surface area contributed by atoms with Crippen LogP contribution in [0.25, 0.3) is 0 Å². The van der Waals surface area contributed by atoms with Gasteiger partial charge in [-0.2, -0.15) is 0 Å². The van der Waals surface area contributed by atoms with Crippen molar-refractivity contribution in [3.63, 3.8) is 0 Å². The molecule has 0 unspecified atom stereocenters. The Hall–Kier alpha value is -2.37. The summed E-state index contributed by atoms with van der Waals surface area (Å²) in [4.78, 5) is 14.4. The fourth-order valence-electron chi connectivity index (χ4n) is 3.40. The van der Waals surface area contributed by atoms with Crippen LogP contribution in [-0.2, 0) is 19.5 Å². The van der Waals surface area contributed by atoms with Crippen LogP contribution in [0.3, 0.4) is 0 Å². The number of aromatic hydroxyl groups is 1. The number of para-hydroxylation sites is 2. The molecule has 2 heterocycles. The molecule has 0 amide bonds. The van der Waals surface area contributed by atoms with E-state index in [0.29, 0.717) is 6.54 Å². The summed E-state index contributed by atoms with van der Waals surface area (Å²) >= 11 is 0. The third kappa shape index (κ3) is 3.00. The van der Waals surface area contributed by atoms with E-state index in [9.17, 15) is 9.90 Å². The summed E-state index contributed by atoms with van der Waals surface area (Å²) in [5.41, 5.74) is 1.78. The van der Waals surface area contributed by atoms with E-state index in [1.54, 1.807) is 11.7 Å². The third-order valence-corrected chi connectivity index (χ3v) is 4.72. The number of imidazole rings is 1. The molecule has 1 aliphatic rings. The first-order valence-corrected chi connectivity index (χ1v) is 8.48. The van der Waals surface area contributed by atoms with E-state index in [1.807, 2.05) is 31.3 Å². The van der Waals surface area contributed by atoms with Crippen LogP contribution in [0.1, 0.15) is 25.0 Å². The van der Waals surface area contributed by atoms with Crippen molar-refractivity contribution in [2.75, 3.05) is 25.6 Å². The van der Waals surface area contributed by atoms with Crippen LogP contribution >= 0.6 is 0 Å². The van der Waals surface area contributed by atoms with Crippen LogP contribution in [-0.4, -0.2) is 34.9 Å². The van der Waals surface area contributed by atoms with E-state index < -0.39 is 0 Å². The number of hydrogen-bond acceptors (Lipinski definition) is 4. The number of rotatable bonds is 7. The lowest BCUT2D eigenvalue weighted by Crippen LogP contribution is -2.24. The highest BCUT2D eigenvalue weighted by molar-refractivity contribution is 5.57. The molecule has 0 radical (unpaired) electrons. The van der Waals surface area contributed by atoms with Crippen LogP contribution in [0.5, 0.6) is 11.6 Å². The Balaban J connectivity index is 1.55. The fraction of sp³-hybridized carbons (Fsp3) is 0.500. The lowest BCUT2D eigenvalue weighted by atomic mass is 10.2. The second kappa shape index (κ2) is 7.03. The van der Waals surface area contributed by atoms with Gasteiger partial charge in [0, 0.05) is 26.7 Å². The molecule has 1 aliphatic heterocycles. The number of hydrogen-bond donors (Lipinski definition) is 1. The lowest BCUT2D eigenvalue weighted by molar-refractivity contribution is 0.401. The number of unbranched alkanes of at least 4 members (excludes halogenated alkanes) is 1. The number of aromatic nitrogens is 2. The Morgan fingerprint density at radius 3 is 2.83 bits per heavy atom. The Bertz CT molecular complexity index is 763. The maximum atomic E-state index is 12.3. The molecule has 1 N–H and O–H groups in total. The van der Waals surface area contributed by atoms with Gasteiger partial charge in [0.2, 0.25) is 5.88 Å². The Kier molecular flexibility index (Phi) is 4.83. The monoisotopic (exact) mass is 331 g/mol. The van der Waals surface area contributed by atoms with Crippen LogP contribution in [0.15, 0.2) is 29.1 Å². The SMILES string of the molecule is COc1ccccc1N(C)CCCCn1c(O)c2n(c1=O)CCC2. The number of anilines is 1. The van der Waals surface area contributed by atoms with Gasteiger partial charge in [0.25, 0.3) is 0 Å². The molecule has 6 heteroatoms. The first-order valence-electron chi connectivity index (χ1n) is 8.48. The van der Waals surface area contributed by atoms with Gasteiger partial charge in [-0.25, -0.2) is 4.79 Å². The van der Waals surface area contributed by atoms with Crippen molar-refractivity contribution in [3.05, 3.63) is 40.4 Å². The molecule has 24 heavy (non-hydrogen) atoms. The van der Waals surface area contributed by atoms with Crippen molar-refractivity contribution in [1.29, 1.82) is 0 Å². The summed E-state index contributed by atoms with van der Waals surface area (Å²) in [6, 6.07) is 7.94. The van der Waals surface area contributed by atoms with Crippen LogP contribution in [0, 0.1) is 0 Å². The minimum atomic E-state index is -0.0712. The molecule has 1 aromatic carbocycles. The Morgan fingerprint density at radius 1 is 1.29 bits per heavy atom. The summed E-state index contributed by atoms with van der Waals surface area (Å²) in [5.74, 6) is 1.02. The zero-order chi connectivity index (χ0) is 17.1. The molecule has 130 valence electrons. The number of fused-ring (bicyclic) bond motifs is 1. The molecule has 0 atom stereocenters. The summed E-state index contributed by atoms with van der Waals surface area (Å²) in [6.45, 7) is 2.15. The topological polar surface area (TPSA) is 59.6 Å². The van der Waals surface area contributed by atoms with E-state index in [0.717, 1.165) is 55.9 Å². The fourth-order valence-corrected chi connectivity index (χ4v) is 3.40. The predicted octanol–water partition coefficient (Wildman–Crippen LogP) is 2.23. The Labute approximate surface area is 141 Å². The van der Waals surface area contributed by atoms with Gasteiger partial charge in [0.05, 0.1) is 18.5 Å². The molecule has 0 bridgehead atoms. The molecule has 0 spiro atoms. The number of nitrogens with zero attached hydrogens (tertiary/aromatic N) is 3. The largest absolute Gasteiger partial charge is 0.495 e. The molecule has 6 nitrogen and oxygen atoms in total. The van der Waals surface area contributed by atoms with Crippen LogP contribution < -0.4 is 15.3 Å². The highest BCUT2D eigenvalue weighted by Gasteiger charge is 2.22. The zero-order valence-electron chi connectivity index (χ0n) is 14.4. The molecule has 0 aliphatic carbocycles. The van der Waals surface area contributed by atoms with Gasteiger partial charge in [0.15, 0.2) is 0 Å². The summed E-state index contributed by atoms with van der Waals surface area (Å²) in [5, 5.41) is 10.2. The van der Waals surface area contributed by atoms with Crippen LogP contribution in [0.2, 0.25) is 0 Å². The molecule has 2 aromatic rings. The minimum Gasteiger partial charge on any atom is -0.495 e.